The largest absolute Gasteiger partial charge is 0.493 e. The number of carbonyl (C=O) groups excluding carboxylic acids is 1. The van der Waals surface area contributed by atoms with Crippen LogP contribution in [0.25, 0.3) is 0 Å². The summed E-state index contributed by atoms with van der Waals surface area (Å²) in [6.45, 7) is 4.10. The molecule has 0 aromatic heterocycles. The Bertz CT molecular complexity index is 833. The normalized spacial score (nSPS) is 14.7. The zero-order valence-corrected chi connectivity index (χ0v) is 14.7. The maximum Gasteiger partial charge on any atom is 0.330 e. The smallest absolute Gasteiger partial charge is 0.330 e. The van der Waals surface area contributed by atoms with Crippen LogP contribution in [0.2, 0.25) is 0 Å². The highest BCUT2D eigenvalue weighted by Crippen LogP contribution is 2.28. The molecule has 0 spiro atoms. The SMILES string of the molecule is Cc1cccc(OC(C)C(=O)NC(C(=O)O)c2ccc3c(c2)CCO3)c1. The number of nitrogens with one attached hydrogen (secondary N) is 1. The maximum atomic E-state index is 12.4. The predicted octanol–water partition coefficient (Wildman–Crippen LogP) is 2.64. The lowest BCUT2D eigenvalue weighted by Crippen LogP contribution is -2.41. The third kappa shape index (κ3) is 3.96. The van der Waals surface area contributed by atoms with Crippen LogP contribution in [0.1, 0.15) is 29.7 Å². The second-order valence-corrected chi connectivity index (χ2v) is 6.32. The number of rotatable bonds is 6. The number of fused-ring (bicyclic) bond motifs is 1. The second-order valence-electron chi connectivity index (χ2n) is 6.32. The van der Waals surface area contributed by atoms with E-state index in [2.05, 4.69) is 5.32 Å². The van der Waals surface area contributed by atoms with Gasteiger partial charge in [0.05, 0.1) is 6.61 Å². The van der Waals surface area contributed by atoms with Crippen LogP contribution in [-0.4, -0.2) is 29.7 Å². The number of carboxylic acid groups (broad SMARTS) is 1. The predicted molar refractivity (Wildman–Crippen MR) is 95.4 cm³/mol. The monoisotopic (exact) mass is 355 g/mol. The molecule has 1 aliphatic rings. The molecule has 2 N–H and O–H groups in total. The Morgan fingerprint density at radius 3 is 2.77 bits per heavy atom. The Morgan fingerprint density at radius 2 is 2.04 bits per heavy atom. The van der Waals surface area contributed by atoms with Gasteiger partial charge < -0.3 is 19.9 Å². The van der Waals surface area contributed by atoms with Crippen molar-refractivity contribution in [3.63, 3.8) is 0 Å². The number of carboxylic acids is 1. The number of hydrogen-bond donors (Lipinski definition) is 2. The summed E-state index contributed by atoms with van der Waals surface area (Å²) in [5, 5.41) is 12.1. The van der Waals surface area contributed by atoms with Crippen molar-refractivity contribution >= 4 is 11.9 Å². The Balaban J connectivity index is 1.71. The molecule has 136 valence electrons. The van der Waals surface area contributed by atoms with Crippen LogP contribution in [0.15, 0.2) is 42.5 Å². The third-order valence-corrected chi connectivity index (χ3v) is 4.25. The number of benzene rings is 2. The topological polar surface area (TPSA) is 84.9 Å². The molecule has 0 fully saturated rings. The summed E-state index contributed by atoms with van der Waals surface area (Å²) in [5.74, 6) is -0.287. The van der Waals surface area contributed by atoms with Crippen molar-refractivity contribution in [2.24, 2.45) is 0 Å². The fourth-order valence-electron chi connectivity index (χ4n) is 2.88. The maximum absolute atomic E-state index is 12.4. The molecule has 2 aromatic rings. The third-order valence-electron chi connectivity index (χ3n) is 4.25. The minimum Gasteiger partial charge on any atom is -0.493 e. The van der Waals surface area contributed by atoms with E-state index < -0.39 is 24.0 Å². The highest BCUT2D eigenvalue weighted by molar-refractivity contribution is 5.87. The summed E-state index contributed by atoms with van der Waals surface area (Å²) in [5.41, 5.74) is 2.48. The molecule has 0 saturated heterocycles. The molecule has 1 aliphatic heterocycles. The summed E-state index contributed by atoms with van der Waals surface area (Å²) in [4.78, 5) is 24.1. The lowest BCUT2D eigenvalue weighted by molar-refractivity contribution is -0.143. The van der Waals surface area contributed by atoms with Crippen molar-refractivity contribution in [2.75, 3.05) is 6.61 Å². The van der Waals surface area contributed by atoms with E-state index in [1.165, 1.54) is 0 Å². The summed E-state index contributed by atoms with van der Waals surface area (Å²) in [7, 11) is 0. The van der Waals surface area contributed by atoms with E-state index in [4.69, 9.17) is 9.47 Å². The van der Waals surface area contributed by atoms with E-state index in [0.29, 0.717) is 17.9 Å². The van der Waals surface area contributed by atoms with Crippen LogP contribution in [0.4, 0.5) is 0 Å². The number of ether oxygens (including phenoxy) is 2. The molecule has 0 saturated carbocycles. The second kappa shape index (κ2) is 7.47. The van der Waals surface area contributed by atoms with E-state index >= 15 is 0 Å². The molecule has 0 radical (unpaired) electrons. The average molecular weight is 355 g/mol. The lowest BCUT2D eigenvalue weighted by atomic mass is 10.0. The number of carbonyl (C=O) groups is 2. The molecular formula is C20H21NO5. The van der Waals surface area contributed by atoms with Crippen molar-refractivity contribution in [1.82, 2.24) is 5.32 Å². The van der Waals surface area contributed by atoms with Crippen LogP contribution in [0, 0.1) is 6.92 Å². The molecule has 6 nitrogen and oxygen atoms in total. The summed E-state index contributed by atoms with van der Waals surface area (Å²) < 4.78 is 11.1. The van der Waals surface area contributed by atoms with Gasteiger partial charge in [0.25, 0.3) is 5.91 Å². The molecule has 1 heterocycles. The summed E-state index contributed by atoms with van der Waals surface area (Å²) in [6.07, 6.45) is -0.0903. The van der Waals surface area contributed by atoms with E-state index in [1.807, 2.05) is 25.1 Å². The van der Waals surface area contributed by atoms with Gasteiger partial charge in [0, 0.05) is 6.42 Å². The highest BCUT2D eigenvalue weighted by atomic mass is 16.5. The van der Waals surface area contributed by atoms with Gasteiger partial charge in [-0.15, -0.1) is 0 Å². The van der Waals surface area contributed by atoms with Crippen LogP contribution in [0.3, 0.4) is 0 Å². The van der Waals surface area contributed by atoms with E-state index in [-0.39, 0.29) is 0 Å². The van der Waals surface area contributed by atoms with Gasteiger partial charge in [-0.2, -0.15) is 0 Å². The number of aryl methyl sites for hydroxylation is 1. The molecule has 2 atom stereocenters. The average Bonchev–Trinajstić information content (AvgIpc) is 3.06. The number of hydrogen-bond acceptors (Lipinski definition) is 4. The van der Waals surface area contributed by atoms with Gasteiger partial charge in [0.1, 0.15) is 11.5 Å². The van der Waals surface area contributed by atoms with Gasteiger partial charge in [-0.05, 0) is 54.8 Å². The molecule has 0 aliphatic carbocycles. The van der Waals surface area contributed by atoms with E-state index in [0.717, 1.165) is 23.3 Å². The van der Waals surface area contributed by atoms with Crippen LogP contribution < -0.4 is 14.8 Å². The minimum atomic E-state index is -1.14. The standard InChI is InChI=1S/C20H21NO5/c1-12-4-3-5-16(10-12)26-13(2)19(22)21-18(20(23)24)15-6-7-17-14(11-15)8-9-25-17/h3-7,10-11,13,18H,8-9H2,1-2H3,(H,21,22)(H,23,24). The van der Waals surface area contributed by atoms with Gasteiger partial charge in [-0.25, -0.2) is 4.79 Å². The van der Waals surface area contributed by atoms with Crippen LogP contribution in [0.5, 0.6) is 11.5 Å². The van der Waals surface area contributed by atoms with Gasteiger partial charge in [-0.1, -0.05) is 18.2 Å². The lowest BCUT2D eigenvalue weighted by Gasteiger charge is -2.19. The summed E-state index contributed by atoms with van der Waals surface area (Å²) in [6, 6.07) is 11.4. The molecule has 2 unspecified atom stereocenters. The van der Waals surface area contributed by atoms with E-state index in [1.54, 1.807) is 31.2 Å². The van der Waals surface area contributed by atoms with Crippen molar-refractivity contribution in [1.29, 1.82) is 0 Å². The molecule has 3 rings (SSSR count). The van der Waals surface area contributed by atoms with Gasteiger partial charge in [-0.3, -0.25) is 4.79 Å². The molecular weight excluding hydrogens is 334 g/mol. The fourth-order valence-corrected chi connectivity index (χ4v) is 2.88. The first-order chi connectivity index (χ1) is 12.4. The first kappa shape index (κ1) is 17.8. The molecule has 1 amide bonds. The van der Waals surface area contributed by atoms with Crippen LogP contribution >= 0.6 is 0 Å². The zero-order chi connectivity index (χ0) is 18.7. The fraction of sp³-hybridized carbons (Fsp3) is 0.300. The minimum absolute atomic E-state index is 0.490. The van der Waals surface area contributed by atoms with Crippen LogP contribution in [-0.2, 0) is 16.0 Å². The highest BCUT2D eigenvalue weighted by Gasteiger charge is 2.27. The number of amides is 1. The summed E-state index contributed by atoms with van der Waals surface area (Å²) >= 11 is 0. The van der Waals surface area contributed by atoms with Gasteiger partial charge >= 0.3 is 5.97 Å². The Morgan fingerprint density at radius 1 is 1.23 bits per heavy atom. The quantitative estimate of drug-likeness (QED) is 0.832. The Hall–Kier alpha value is -3.02. The molecule has 26 heavy (non-hydrogen) atoms. The van der Waals surface area contributed by atoms with Crippen molar-refractivity contribution in [2.45, 2.75) is 32.4 Å². The molecule has 2 aromatic carbocycles. The number of aliphatic carboxylic acids is 1. The van der Waals surface area contributed by atoms with E-state index in [9.17, 15) is 14.7 Å². The first-order valence-corrected chi connectivity index (χ1v) is 8.46. The first-order valence-electron chi connectivity index (χ1n) is 8.46. The van der Waals surface area contributed by atoms with Crippen molar-refractivity contribution < 1.29 is 24.2 Å². The Labute approximate surface area is 151 Å². The van der Waals surface area contributed by atoms with Crippen molar-refractivity contribution in [3.05, 3.63) is 59.2 Å². The van der Waals surface area contributed by atoms with Gasteiger partial charge in [0.2, 0.25) is 0 Å². The van der Waals surface area contributed by atoms with Gasteiger partial charge in [0.15, 0.2) is 12.1 Å². The molecule has 6 heteroatoms. The Kier molecular flexibility index (Phi) is 5.11. The zero-order valence-electron chi connectivity index (χ0n) is 14.7. The molecule has 0 bridgehead atoms. The van der Waals surface area contributed by atoms with Crippen molar-refractivity contribution in [3.8, 4) is 11.5 Å².